The highest BCUT2D eigenvalue weighted by molar-refractivity contribution is 6.55. The number of nitrogens with zero attached hydrogens (tertiary/aromatic N) is 2. The van der Waals surface area contributed by atoms with Crippen LogP contribution in [0.1, 0.15) is 44.8 Å². The average molecular weight is 599 g/mol. The van der Waals surface area contributed by atoms with Crippen LogP contribution in [0.15, 0.2) is 42.5 Å². The minimum Gasteiger partial charge on any atom is -0.494 e. The molecule has 0 N–H and O–H groups in total. The van der Waals surface area contributed by atoms with Crippen molar-refractivity contribution in [3.8, 4) is 5.75 Å². The summed E-state index contributed by atoms with van der Waals surface area (Å²) in [6, 6.07) is 10.4. The molecule has 3 aromatic carbocycles. The minimum absolute atomic E-state index is 0.144. The summed E-state index contributed by atoms with van der Waals surface area (Å²) < 4.78 is 5.54. The molecule has 0 spiro atoms. The molecule has 5 rings (SSSR count). The molecule has 1 saturated heterocycles. The van der Waals surface area contributed by atoms with Gasteiger partial charge in [0.2, 0.25) is 0 Å². The van der Waals surface area contributed by atoms with Crippen LogP contribution in [0.4, 0.5) is 5.69 Å². The summed E-state index contributed by atoms with van der Waals surface area (Å²) in [6.45, 7) is 4.15. The Morgan fingerprint density at radius 1 is 0.757 bits per heavy atom. The van der Waals surface area contributed by atoms with Gasteiger partial charge in [0.05, 0.1) is 43.9 Å². The normalized spacial score (nSPS) is 18.8. The van der Waals surface area contributed by atoms with Gasteiger partial charge in [-0.05, 0) is 49.2 Å². The molecule has 2 atom stereocenters. The number of halogens is 5. The number of amides is 3. The lowest BCUT2D eigenvalue weighted by Gasteiger charge is -2.50. The van der Waals surface area contributed by atoms with Gasteiger partial charge >= 0.3 is 0 Å². The maximum absolute atomic E-state index is 13.7. The van der Waals surface area contributed by atoms with Gasteiger partial charge in [-0.15, -0.1) is 0 Å². The van der Waals surface area contributed by atoms with E-state index in [-0.39, 0.29) is 31.2 Å². The van der Waals surface area contributed by atoms with E-state index >= 15 is 0 Å². The first-order valence-electron chi connectivity index (χ1n) is 11.1. The molecular weight excluding hydrogens is 582 g/mol. The molecule has 1 fully saturated rings. The second-order valence-corrected chi connectivity index (χ2v) is 10.4. The molecule has 3 aromatic rings. The third-order valence-corrected chi connectivity index (χ3v) is 8.72. The van der Waals surface area contributed by atoms with Gasteiger partial charge in [0.25, 0.3) is 17.7 Å². The van der Waals surface area contributed by atoms with Gasteiger partial charge in [-0.2, -0.15) is 0 Å². The Bertz CT molecular complexity index is 1440. The van der Waals surface area contributed by atoms with E-state index in [2.05, 4.69) is 0 Å². The number of imide groups is 1. The fourth-order valence-corrected chi connectivity index (χ4v) is 5.91. The summed E-state index contributed by atoms with van der Waals surface area (Å²) in [4.78, 5) is 43.2. The van der Waals surface area contributed by atoms with Crippen LogP contribution in [0.5, 0.6) is 5.75 Å². The predicted octanol–water partition coefficient (Wildman–Crippen LogP) is 7.41. The topological polar surface area (TPSA) is 66.9 Å². The lowest BCUT2D eigenvalue weighted by Crippen LogP contribution is -2.67. The molecule has 190 valence electrons. The predicted molar refractivity (Wildman–Crippen MR) is 145 cm³/mol. The first kappa shape index (κ1) is 26.1. The molecule has 2 aliphatic heterocycles. The van der Waals surface area contributed by atoms with E-state index in [9.17, 15) is 14.4 Å². The van der Waals surface area contributed by atoms with Crippen molar-refractivity contribution in [2.75, 3.05) is 11.5 Å². The molecule has 37 heavy (non-hydrogen) atoms. The highest BCUT2D eigenvalue weighted by Gasteiger charge is 2.58. The van der Waals surface area contributed by atoms with Crippen molar-refractivity contribution >= 4 is 81.4 Å². The number of rotatable bonds is 5. The van der Waals surface area contributed by atoms with Crippen LogP contribution in [0, 0.1) is 6.92 Å². The molecular formula is C26H17Cl5N2O4. The van der Waals surface area contributed by atoms with Gasteiger partial charge in [-0.3, -0.25) is 19.3 Å². The standard InChI is InChI=1S/C26H17Cl5N2O4/c1-3-37-13-9-7-12(8-10-13)22-23(26(36)32(22)15-6-4-5-14(27)11(15)2)33-24(34)16-17(25(33)35)19(29)21(31)20(30)18(16)28/h4-10,22-23H,3H2,1-2H3/t22-,23+/m1/s1. The van der Waals surface area contributed by atoms with E-state index in [1.807, 2.05) is 6.92 Å². The van der Waals surface area contributed by atoms with E-state index in [4.69, 9.17) is 62.7 Å². The second-order valence-electron chi connectivity index (χ2n) is 8.47. The van der Waals surface area contributed by atoms with Gasteiger partial charge in [0.15, 0.2) is 0 Å². The van der Waals surface area contributed by atoms with Crippen molar-refractivity contribution in [1.82, 2.24) is 4.90 Å². The molecule has 0 saturated carbocycles. The zero-order valence-corrected chi connectivity index (χ0v) is 23.1. The van der Waals surface area contributed by atoms with E-state index in [1.165, 1.54) is 4.90 Å². The fraction of sp³-hybridized carbons (Fsp3) is 0.192. The molecule has 3 amide bonds. The highest BCUT2D eigenvalue weighted by Crippen LogP contribution is 2.50. The van der Waals surface area contributed by atoms with E-state index in [1.54, 1.807) is 49.4 Å². The van der Waals surface area contributed by atoms with Crippen LogP contribution in [0.2, 0.25) is 25.1 Å². The van der Waals surface area contributed by atoms with Crippen molar-refractivity contribution in [3.63, 3.8) is 0 Å². The molecule has 6 nitrogen and oxygen atoms in total. The van der Waals surface area contributed by atoms with Crippen molar-refractivity contribution in [3.05, 3.63) is 89.8 Å². The van der Waals surface area contributed by atoms with Crippen LogP contribution in [0.25, 0.3) is 0 Å². The Balaban J connectivity index is 1.63. The number of hydrogen-bond donors (Lipinski definition) is 0. The van der Waals surface area contributed by atoms with Crippen molar-refractivity contribution in [2.24, 2.45) is 0 Å². The fourth-order valence-electron chi connectivity index (χ4n) is 4.73. The first-order chi connectivity index (χ1) is 17.6. The number of fused-ring (bicyclic) bond motifs is 1. The van der Waals surface area contributed by atoms with Crippen molar-refractivity contribution in [1.29, 1.82) is 0 Å². The van der Waals surface area contributed by atoms with Gasteiger partial charge in [0, 0.05) is 10.7 Å². The molecule has 0 aromatic heterocycles. The number of ether oxygens (including phenoxy) is 1. The summed E-state index contributed by atoms with van der Waals surface area (Å²) in [6.07, 6.45) is 0. The minimum atomic E-state index is -1.17. The third-order valence-electron chi connectivity index (χ3n) is 6.51. The SMILES string of the molecule is CCOc1ccc([C@@H]2[C@H](N3C(=O)c4c(Cl)c(Cl)c(Cl)c(Cl)c4C3=O)C(=O)N2c2cccc(Cl)c2C)cc1. The lowest BCUT2D eigenvalue weighted by molar-refractivity contribution is -0.130. The third kappa shape index (κ3) is 3.89. The van der Waals surface area contributed by atoms with E-state index < -0.39 is 29.8 Å². The van der Waals surface area contributed by atoms with E-state index in [0.29, 0.717) is 34.2 Å². The number of β-lactam (4-membered cyclic amide) rings is 1. The molecule has 2 aliphatic rings. The highest BCUT2D eigenvalue weighted by atomic mass is 35.5. The van der Waals surface area contributed by atoms with Crippen molar-refractivity contribution in [2.45, 2.75) is 25.9 Å². The molecule has 2 heterocycles. The molecule has 0 aliphatic carbocycles. The summed E-state index contributed by atoms with van der Waals surface area (Å²) in [5, 5.41) is -0.205. The summed E-state index contributed by atoms with van der Waals surface area (Å²) in [5.74, 6) is -1.38. The Kier molecular flexibility index (Phi) is 6.84. The maximum atomic E-state index is 13.7. The molecule has 0 radical (unpaired) electrons. The molecule has 11 heteroatoms. The second kappa shape index (κ2) is 9.68. The summed E-state index contributed by atoms with van der Waals surface area (Å²) in [7, 11) is 0. The van der Waals surface area contributed by atoms with Crippen LogP contribution in [-0.2, 0) is 4.79 Å². The Labute approximate surface area is 237 Å². The Morgan fingerprint density at radius 2 is 1.32 bits per heavy atom. The lowest BCUT2D eigenvalue weighted by atomic mass is 9.85. The van der Waals surface area contributed by atoms with Crippen molar-refractivity contribution < 1.29 is 19.1 Å². The molecule has 0 unspecified atom stereocenters. The van der Waals surface area contributed by atoms with Crippen LogP contribution in [-0.4, -0.2) is 35.3 Å². The number of carbonyl (C=O) groups is 3. The van der Waals surface area contributed by atoms with Gasteiger partial charge < -0.3 is 9.64 Å². The largest absolute Gasteiger partial charge is 0.494 e. The maximum Gasteiger partial charge on any atom is 0.264 e. The number of anilines is 1. The molecule has 0 bridgehead atoms. The quantitative estimate of drug-likeness (QED) is 0.133. The summed E-state index contributed by atoms with van der Waals surface area (Å²) >= 11 is 31.3. The smallest absolute Gasteiger partial charge is 0.264 e. The zero-order chi connectivity index (χ0) is 26.8. The van der Waals surface area contributed by atoms with Gasteiger partial charge in [0.1, 0.15) is 11.8 Å². The van der Waals surface area contributed by atoms with E-state index in [0.717, 1.165) is 4.90 Å². The van der Waals surface area contributed by atoms with Crippen LogP contribution < -0.4 is 9.64 Å². The Morgan fingerprint density at radius 3 is 1.86 bits per heavy atom. The number of hydrogen-bond acceptors (Lipinski definition) is 4. The van der Waals surface area contributed by atoms with Gasteiger partial charge in [-0.1, -0.05) is 76.2 Å². The van der Waals surface area contributed by atoms with Crippen LogP contribution in [0.3, 0.4) is 0 Å². The number of carbonyl (C=O) groups excluding carboxylic acids is 3. The summed E-state index contributed by atoms with van der Waals surface area (Å²) in [5.41, 5.74) is 1.56. The zero-order valence-electron chi connectivity index (χ0n) is 19.3. The Hall–Kier alpha value is -2.48. The monoisotopic (exact) mass is 596 g/mol. The first-order valence-corrected chi connectivity index (χ1v) is 13.0. The van der Waals surface area contributed by atoms with Gasteiger partial charge in [-0.25, -0.2) is 0 Å². The average Bonchev–Trinajstić information content (AvgIpc) is 3.13. The van der Waals surface area contributed by atoms with Crippen LogP contribution >= 0.6 is 58.0 Å². The number of benzene rings is 3.